The summed E-state index contributed by atoms with van der Waals surface area (Å²) in [6.45, 7) is 4.04. The van der Waals surface area contributed by atoms with Gasteiger partial charge in [0.25, 0.3) is 0 Å². The quantitative estimate of drug-likeness (QED) is 0.846. The Balaban J connectivity index is 1.52. The summed E-state index contributed by atoms with van der Waals surface area (Å²) >= 11 is 0. The predicted molar refractivity (Wildman–Crippen MR) is 90.3 cm³/mol. The Morgan fingerprint density at radius 2 is 2.12 bits per heavy atom. The molecule has 0 N–H and O–H groups in total. The summed E-state index contributed by atoms with van der Waals surface area (Å²) in [5, 5.41) is 0. The summed E-state index contributed by atoms with van der Waals surface area (Å²) in [6.07, 6.45) is 1.73. The van der Waals surface area contributed by atoms with Gasteiger partial charge in [0.15, 0.2) is 11.5 Å². The third-order valence-corrected chi connectivity index (χ3v) is 7.05. The van der Waals surface area contributed by atoms with Crippen LogP contribution in [0.25, 0.3) is 11.1 Å². The maximum absolute atomic E-state index is 12.8. The van der Waals surface area contributed by atoms with Crippen molar-refractivity contribution in [3.05, 3.63) is 30.2 Å². The molecular formula is C17H22N2O4S. The number of oxazole rings is 1. The van der Waals surface area contributed by atoms with Crippen molar-refractivity contribution in [1.82, 2.24) is 9.29 Å². The first kappa shape index (κ1) is 16.1. The number of benzene rings is 1. The van der Waals surface area contributed by atoms with Crippen LogP contribution in [-0.2, 0) is 14.8 Å². The minimum absolute atomic E-state index is 0.0198. The minimum Gasteiger partial charge on any atom is -0.440 e. The molecule has 0 unspecified atom stereocenters. The van der Waals surface area contributed by atoms with Gasteiger partial charge in [0.05, 0.1) is 19.0 Å². The summed E-state index contributed by atoms with van der Waals surface area (Å²) in [6, 6.07) is 7.64. The average molecular weight is 350 g/mol. The van der Waals surface area contributed by atoms with Crippen LogP contribution >= 0.6 is 0 Å². The molecule has 2 aliphatic heterocycles. The van der Waals surface area contributed by atoms with Gasteiger partial charge in [0, 0.05) is 24.4 Å². The van der Waals surface area contributed by atoms with Crippen molar-refractivity contribution in [2.75, 3.05) is 32.1 Å². The van der Waals surface area contributed by atoms with Crippen LogP contribution < -0.4 is 0 Å². The van der Waals surface area contributed by atoms with Crippen molar-refractivity contribution in [2.45, 2.75) is 25.7 Å². The number of nitrogens with zero attached hydrogens (tertiary/aromatic N) is 2. The molecular weight excluding hydrogens is 328 g/mol. The van der Waals surface area contributed by atoms with Crippen LogP contribution in [0.4, 0.5) is 0 Å². The minimum atomic E-state index is -3.29. The fourth-order valence-electron chi connectivity index (χ4n) is 3.53. The van der Waals surface area contributed by atoms with Gasteiger partial charge >= 0.3 is 0 Å². The molecule has 7 heteroatoms. The van der Waals surface area contributed by atoms with E-state index in [1.54, 1.807) is 4.31 Å². The van der Waals surface area contributed by atoms with Crippen LogP contribution in [0.5, 0.6) is 0 Å². The second-order valence-corrected chi connectivity index (χ2v) is 9.25. The number of hydrogen-bond acceptors (Lipinski definition) is 5. The summed E-state index contributed by atoms with van der Waals surface area (Å²) in [7, 11) is -3.29. The Labute approximate surface area is 141 Å². The fourth-order valence-corrected chi connectivity index (χ4v) is 5.57. The molecule has 0 amide bonds. The number of piperidine rings is 1. The number of aromatic nitrogens is 1. The zero-order valence-corrected chi connectivity index (χ0v) is 14.6. The van der Waals surface area contributed by atoms with Gasteiger partial charge in [0.2, 0.25) is 10.0 Å². The number of ether oxygens (including phenoxy) is 1. The van der Waals surface area contributed by atoms with Crippen molar-refractivity contribution in [3.63, 3.8) is 0 Å². The van der Waals surface area contributed by atoms with Crippen LogP contribution in [0.1, 0.15) is 31.6 Å². The lowest BCUT2D eigenvalue weighted by molar-refractivity contribution is -0.0874. The van der Waals surface area contributed by atoms with Crippen LogP contribution in [-0.4, -0.2) is 49.8 Å². The van der Waals surface area contributed by atoms with Gasteiger partial charge in [0.1, 0.15) is 5.52 Å². The standard InChI is InChI=1S/C17H22N2O4S/c1-17(10-22-11-17)12-24(20,21)19-8-4-5-13(9-19)16-18-14-6-2-3-7-15(14)23-16/h2-3,6-7,13H,4-5,8-12H2,1H3/t13-/m0/s1. The highest BCUT2D eigenvalue weighted by atomic mass is 32.2. The first-order valence-corrected chi connectivity index (χ1v) is 9.97. The van der Waals surface area contributed by atoms with Crippen LogP contribution in [0.3, 0.4) is 0 Å². The van der Waals surface area contributed by atoms with Gasteiger partial charge < -0.3 is 9.15 Å². The first-order chi connectivity index (χ1) is 11.5. The number of fused-ring (bicyclic) bond motifs is 1. The van der Waals surface area contributed by atoms with E-state index in [1.165, 1.54) is 0 Å². The number of sulfonamides is 1. The second kappa shape index (κ2) is 5.82. The average Bonchev–Trinajstić information content (AvgIpc) is 2.97. The molecule has 0 saturated carbocycles. The van der Waals surface area contributed by atoms with E-state index in [0.717, 1.165) is 23.9 Å². The van der Waals surface area contributed by atoms with Crippen molar-refractivity contribution in [1.29, 1.82) is 0 Å². The van der Waals surface area contributed by atoms with Gasteiger partial charge in [-0.3, -0.25) is 0 Å². The highest BCUT2D eigenvalue weighted by Crippen LogP contribution is 2.33. The van der Waals surface area contributed by atoms with E-state index in [0.29, 0.717) is 32.2 Å². The molecule has 0 spiro atoms. The van der Waals surface area contributed by atoms with E-state index in [2.05, 4.69) is 4.98 Å². The Morgan fingerprint density at radius 1 is 1.33 bits per heavy atom. The van der Waals surface area contributed by atoms with Gasteiger partial charge in [-0.15, -0.1) is 0 Å². The molecule has 0 bridgehead atoms. The van der Waals surface area contributed by atoms with Crippen molar-refractivity contribution >= 4 is 21.1 Å². The molecule has 4 rings (SSSR count). The zero-order valence-electron chi connectivity index (χ0n) is 13.8. The van der Waals surface area contributed by atoms with Gasteiger partial charge in [-0.05, 0) is 25.0 Å². The van der Waals surface area contributed by atoms with Gasteiger partial charge in [-0.1, -0.05) is 19.1 Å². The molecule has 3 heterocycles. The van der Waals surface area contributed by atoms with E-state index in [-0.39, 0.29) is 17.1 Å². The Morgan fingerprint density at radius 3 is 2.83 bits per heavy atom. The fraction of sp³-hybridized carbons (Fsp3) is 0.588. The second-order valence-electron chi connectivity index (χ2n) is 7.28. The largest absolute Gasteiger partial charge is 0.440 e. The molecule has 2 aliphatic rings. The predicted octanol–water partition coefficient (Wildman–Crippen LogP) is 2.37. The molecule has 0 aliphatic carbocycles. The summed E-state index contributed by atoms with van der Waals surface area (Å²) in [5.41, 5.74) is 1.34. The van der Waals surface area contributed by atoms with Crippen LogP contribution in [0.15, 0.2) is 28.7 Å². The lowest BCUT2D eigenvalue weighted by Crippen LogP contribution is -2.50. The highest BCUT2D eigenvalue weighted by molar-refractivity contribution is 7.89. The van der Waals surface area contributed by atoms with Crippen LogP contribution in [0, 0.1) is 5.41 Å². The molecule has 24 heavy (non-hydrogen) atoms. The molecule has 2 fully saturated rings. The summed E-state index contributed by atoms with van der Waals surface area (Å²) in [5.74, 6) is 0.820. The Kier molecular flexibility index (Phi) is 3.89. The molecule has 1 atom stereocenters. The maximum atomic E-state index is 12.8. The van der Waals surface area contributed by atoms with Crippen molar-refractivity contribution in [3.8, 4) is 0 Å². The summed E-state index contributed by atoms with van der Waals surface area (Å²) < 4.78 is 38.2. The zero-order chi connectivity index (χ0) is 16.8. The van der Waals surface area contributed by atoms with Crippen LogP contribution in [0.2, 0.25) is 0 Å². The molecule has 130 valence electrons. The Bertz CT molecular complexity index is 808. The molecule has 0 radical (unpaired) electrons. The third kappa shape index (κ3) is 2.96. The topological polar surface area (TPSA) is 72.6 Å². The SMILES string of the molecule is CC1(CS(=O)(=O)N2CCC[C@H](c3nc4ccccc4o3)C2)COC1. The lowest BCUT2D eigenvalue weighted by atomic mass is 9.92. The first-order valence-electron chi connectivity index (χ1n) is 8.36. The monoisotopic (exact) mass is 350 g/mol. The lowest BCUT2D eigenvalue weighted by Gasteiger charge is -2.40. The molecule has 2 aromatic rings. The smallest absolute Gasteiger partial charge is 0.214 e. The third-order valence-electron chi connectivity index (χ3n) is 4.87. The van der Waals surface area contributed by atoms with Gasteiger partial charge in [-0.25, -0.2) is 17.7 Å². The van der Waals surface area contributed by atoms with Crippen molar-refractivity contribution < 1.29 is 17.6 Å². The molecule has 1 aromatic carbocycles. The normalized spacial score (nSPS) is 24.8. The number of rotatable bonds is 4. The number of para-hydroxylation sites is 2. The molecule has 2 saturated heterocycles. The molecule has 1 aromatic heterocycles. The summed E-state index contributed by atoms with van der Waals surface area (Å²) in [4.78, 5) is 4.55. The van der Waals surface area contributed by atoms with E-state index in [4.69, 9.17) is 9.15 Å². The van der Waals surface area contributed by atoms with E-state index >= 15 is 0 Å². The maximum Gasteiger partial charge on any atom is 0.214 e. The van der Waals surface area contributed by atoms with E-state index < -0.39 is 10.0 Å². The van der Waals surface area contributed by atoms with E-state index in [1.807, 2.05) is 31.2 Å². The van der Waals surface area contributed by atoms with E-state index in [9.17, 15) is 8.42 Å². The molecule has 6 nitrogen and oxygen atoms in total. The van der Waals surface area contributed by atoms with Gasteiger partial charge in [-0.2, -0.15) is 0 Å². The highest BCUT2D eigenvalue weighted by Gasteiger charge is 2.41. The number of hydrogen-bond donors (Lipinski definition) is 0. The van der Waals surface area contributed by atoms with Crippen molar-refractivity contribution in [2.24, 2.45) is 5.41 Å². The Hall–Kier alpha value is -1.44.